The van der Waals surface area contributed by atoms with Gasteiger partial charge in [0.25, 0.3) is 5.91 Å². The summed E-state index contributed by atoms with van der Waals surface area (Å²) in [5.41, 5.74) is 8.26. The molecule has 1 amide bonds. The Morgan fingerprint density at radius 3 is 2.78 bits per heavy atom. The molecule has 1 atom stereocenters. The van der Waals surface area contributed by atoms with Gasteiger partial charge in [0.15, 0.2) is 11.5 Å². The van der Waals surface area contributed by atoms with E-state index < -0.39 is 0 Å². The zero-order valence-electron chi connectivity index (χ0n) is 16.3. The van der Waals surface area contributed by atoms with Crippen molar-refractivity contribution in [3.05, 3.63) is 41.2 Å². The van der Waals surface area contributed by atoms with Crippen LogP contribution in [0.25, 0.3) is 0 Å². The van der Waals surface area contributed by atoms with Crippen LogP contribution in [0.1, 0.15) is 40.6 Å². The predicted octanol–water partition coefficient (Wildman–Crippen LogP) is 2.32. The molecule has 3 rings (SSSR count). The number of aryl methyl sites for hydroxylation is 2. The highest BCUT2D eigenvalue weighted by Gasteiger charge is 2.29. The van der Waals surface area contributed by atoms with E-state index in [0.29, 0.717) is 36.8 Å². The SMILES string of the molecule is COc1ccc(C(=O)N2CC[C@@H](n3nc(C)cc3C)C2)cc1OCCCN. The van der Waals surface area contributed by atoms with Crippen LogP contribution in [0.5, 0.6) is 11.5 Å². The number of hydrogen-bond acceptors (Lipinski definition) is 5. The fourth-order valence-corrected chi connectivity index (χ4v) is 3.51. The second-order valence-electron chi connectivity index (χ2n) is 6.92. The quantitative estimate of drug-likeness (QED) is 0.754. The first-order valence-electron chi connectivity index (χ1n) is 9.36. The molecule has 7 heteroatoms. The average molecular weight is 372 g/mol. The Morgan fingerprint density at radius 1 is 1.30 bits per heavy atom. The third-order valence-electron chi connectivity index (χ3n) is 4.86. The Hall–Kier alpha value is -2.54. The molecule has 1 aromatic heterocycles. The summed E-state index contributed by atoms with van der Waals surface area (Å²) in [4.78, 5) is 14.9. The van der Waals surface area contributed by atoms with E-state index in [9.17, 15) is 4.79 Å². The molecular formula is C20H28N4O3. The van der Waals surface area contributed by atoms with Gasteiger partial charge in [-0.15, -0.1) is 0 Å². The third kappa shape index (κ3) is 4.24. The summed E-state index contributed by atoms with van der Waals surface area (Å²) in [6.07, 6.45) is 1.65. The van der Waals surface area contributed by atoms with Crippen molar-refractivity contribution in [3.8, 4) is 11.5 Å². The zero-order valence-corrected chi connectivity index (χ0v) is 16.3. The van der Waals surface area contributed by atoms with Crippen LogP contribution in [-0.4, -0.2) is 53.9 Å². The molecule has 0 radical (unpaired) electrons. The molecule has 0 aliphatic carbocycles. The molecule has 146 valence electrons. The molecule has 1 aromatic carbocycles. The van der Waals surface area contributed by atoms with Gasteiger partial charge in [-0.1, -0.05) is 0 Å². The van der Waals surface area contributed by atoms with Crippen molar-refractivity contribution < 1.29 is 14.3 Å². The van der Waals surface area contributed by atoms with E-state index in [2.05, 4.69) is 18.1 Å². The minimum absolute atomic E-state index is 0.00496. The Kier molecular flexibility index (Phi) is 6.01. The van der Waals surface area contributed by atoms with Gasteiger partial charge in [-0.3, -0.25) is 9.48 Å². The van der Waals surface area contributed by atoms with Crippen LogP contribution in [0.15, 0.2) is 24.3 Å². The minimum atomic E-state index is 0.00496. The molecule has 1 aliphatic heterocycles. The summed E-state index contributed by atoms with van der Waals surface area (Å²) >= 11 is 0. The number of carbonyl (C=O) groups excluding carboxylic acids is 1. The monoisotopic (exact) mass is 372 g/mol. The first-order valence-corrected chi connectivity index (χ1v) is 9.36. The van der Waals surface area contributed by atoms with E-state index in [1.165, 1.54) is 0 Å². The van der Waals surface area contributed by atoms with Crippen LogP contribution < -0.4 is 15.2 Å². The molecule has 2 N–H and O–H groups in total. The molecule has 0 unspecified atom stereocenters. The molecule has 2 heterocycles. The molecule has 0 spiro atoms. The molecule has 27 heavy (non-hydrogen) atoms. The van der Waals surface area contributed by atoms with E-state index >= 15 is 0 Å². The van der Waals surface area contributed by atoms with Crippen molar-refractivity contribution in [1.82, 2.24) is 14.7 Å². The number of aromatic nitrogens is 2. The van der Waals surface area contributed by atoms with Gasteiger partial charge < -0.3 is 20.1 Å². The van der Waals surface area contributed by atoms with Crippen molar-refractivity contribution in [3.63, 3.8) is 0 Å². The Labute approximate surface area is 160 Å². The molecular weight excluding hydrogens is 344 g/mol. The van der Waals surface area contributed by atoms with Gasteiger partial charge in [0.1, 0.15) is 0 Å². The number of nitrogens with zero attached hydrogens (tertiary/aromatic N) is 3. The van der Waals surface area contributed by atoms with Gasteiger partial charge in [-0.25, -0.2) is 0 Å². The van der Waals surface area contributed by atoms with Crippen molar-refractivity contribution in [1.29, 1.82) is 0 Å². The Balaban J connectivity index is 1.72. The normalized spacial score (nSPS) is 16.6. The Morgan fingerprint density at radius 2 is 2.11 bits per heavy atom. The zero-order chi connectivity index (χ0) is 19.4. The van der Waals surface area contributed by atoms with Crippen molar-refractivity contribution in [2.24, 2.45) is 5.73 Å². The van der Waals surface area contributed by atoms with E-state index in [0.717, 1.165) is 30.8 Å². The molecule has 1 fully saturated rings. The highest BCUT2D eigenvalue weighted by Crippen LogP contribution is 2.30. The third-order valence-corrected chi connectivity index (χ3v) is 4.86. The first-order chi connectivity index (χ1) is 13.0. The summed E-state index contributed by atoms with van der Waals surface area (Å²) in [6, 6.07) is 7.61. The lowest BCUT2D eigenvalue weighted by Gasteiger charge is -2.18. The van der Waals surface area contributed by atoms with Crippen LogP contribution in [0.3, 0.4) is 0 Å². The maximum atomic E-state index is 13.0. The molecule has 1 aliphatic rings. The number of hydrogen-bond donors (Lipinski definition) is 1. The summed E-state index contributed by atoms with van der Waals surface area (Å²) in [7, 11) is 1.59. The number of benzene rings is 1. The number of nitrogens with two attached hydrogens (primary N) is 1. The van der Waals surface area contributed by atoms with Crippen molar-refractivity contribution in [2.75, 3.05) is 33.4 Å². The van der Waals surface area contributed by atoms with Crippen molar-refractivity contribution in [2.45, 2.75) is 32.7 Å². The van der Waals surface area contributed by atoms with E-state index in [4.69, 9.17) is 15.2 Å². The number of carbonyl (C=O) groups is 1. The van der Waals surface area contributed by atoms with E-state index in [1.54, 1.807) is 25.3 Å². The van der Waals surface area contributed by atoms with Gasteiger partial charge in [0.2, 0.25) is 0 Å². The maximum Gasteiger partial charge on any atom is 0.254 e. The number of rotatable bonds is 7. The lowest BCUT2D eigenvalue weighted by atomic mass is 10.1. The van der Waals surface area contributed by atoms with Crippen molar-refractivity contribution >= 4 is 5.91 Å². The minimum Gasteiger partial charge on any atom is -0.493 e. The molecule has 7 nitrogen and oxygen atoms in total. The van der Waals surface area contributed by atoms with Gasteiger partial charge in [-0.05, 0) is 57.5 Å². The molecule has 1 saturated heterocycles. The predicted molar refractivity (Wildman–Crippen MR) is 103 cm³/mol. The largest absolute Gasteiger partial charge is 0.493 e. The van der Waals surface area contributed by atoms with Crippen LogP contribution in [0.4, 0.5) is 0 Å². The standard InChI is InChI=1S/C20H28N4O3/c1-14-11-15(2)24(22-14)17-7-9-23(13-17)20(25)16-5-6-18(26-3)19(12-16)27-10-4-8-21/h5-6,11-12,17H,4,7-10,13,21H2,1-3H3/t17-/m1/s1. The smallest absolute Gasteiger partial charge is 0.254 e. The van der Waals surface area contributed by atoms with Crippen LogP contribution in [0, 0.1) is 13.8 Å². The van der Waals surface area contributed by atoms with E-state index in [1.807, 2.05) is 16.5 Å². The fourth-order valence-electron chi connectivity index (χ4n) is 3.51. The van der Waals surface area contributed by atoms with Gasteiger partial charge in [-0.2, -0.15) is 5.10 Å². The highest BCUT2D eigenvalue weighted by molar-refractivity contribution is 5.95. The van der Waals surface area contributed by atoms with Gasteiger partial charge >= 0.3 is 0 Å². The lowest BCUT2D eigenvalue weighted by molar-refractivity contribution is 0.0786. The highest BCUT2D eigenvalue weighted by atomic mass is 16.5. The number of likely N-dealkylation sites (tertiary alicyclic amines) is 1. The average Bonchev–Trinajstić information content (AvgIpc) is 3.27. The van der Waals surface area contributed by atoms with Gasteiger partial charge in [0.05, 0.1) is 25.5 Å². The maximum absolute atomic E-state index is 13.0. The van der Waals surface area contributed by atoms with Crippen LogP contribution in [-0.2, 0) is 0 Å². The Bertz CT molecular complexity index is 803. The second-order valence-corrected chi connectivity index (χ2v) is 6.92. The molecule has 0 saturated carbocycles. The number of ether oxygens (including phenoxy) is 2. The molecule has 2 aromatic rings. The number of amides is 1. The summed E-state index contributed by atoms with van der Waals surface area (Å²) < 4.78 is 13.1. The summed E-state index contributed by atoms with van der Waals surface area (Å²) in [5, 5.41) is 4.57. The van der Waals surface area contributed by atoms with Gasteiger partial charge in [0, 0.05) is 24.3 Å². The fraction of sp³-hybridized carbons (Fsp3) is 0.500. The first kappa shape index (κ1) is 19.2. The molecule has 0 bridgehead atoms. The summed E-state index contributed by atoms with van der Waals surface area (Å²) in [5.74, 6) is 1.20. The second kappa shape index (κ2) is 8.43. The van der Waals surface area contributed by atoms with E-state index in [-0.39, 0.29) is 11.9 Å². The number of methoxy groups -OCH3 is 1. The topological polar surface area (TPSA) is 82.6 Å². The van der Waals surface area contributed by atoms with Crippen LogP contribution >= 0.6 is 0 Å². The summed E-state index contributed by atoms with van der Waals surface area (Å²) in [6.45, 7) is 6.48. The van der Waals surface area contributed by atoms with Crippen LogP contribution in [0.2, 0.25) is 0 Å². The lowest BCUT2D eigenvalue weighted by Crippen LogP contribution is -2.29.